The Labute approximate surface area is 190 Å². The van der Waals surface area contributed by atoms with Crippen LogP contribution < -0.4 is 16.1 Å². The van der Waals surface area contributed by atoms with E-state index in [1.165, 1.54) is 12.1 Å². The van der Waals surface area contributed by atoms with Gasteiger partial charge in [0.2, 0.25) is 0 Å². The number of nitrogens with one attached hydrogen (secondary N) is 3. The van der Waals surface area contributed by atoms with E-state index in [1.807, 2.05) is 13.8 Å². The van der Waals surface area contributed by atoms with Crippen molar-refractivity contribution >= 4 is 17.3 Å². The summed E-state index contributed by atoms with van der Waals surface area (Å²) in [4.78, 5) is 5.05. The van der Waals surface area contributed by atoms with Crippen LogP contribution >= 0.6 is 12.2 Å². The van der Waals surface area contributed by atoms with Crippen molar-refractivity contribution in [3.63, 3.8) is 0 Å². The van der Waals surface area contributed by atoms with Crippen molar-refractivity contribution in [3.05, 3.63) is 34.9 Å². The second kappa shape index (κ2) is 13.9. The summed E-state index contributed by atoms with van der Waals surface area (Å²) in [7, 11) is 0. The highest BCUT2D eigenvalue weighted by Crippen LogP contribution is 2.37. The van der Waals surface area contributed by atoms with E-state index in [1.54, 1.807) is 6.07 Å². The second-order valence-corrected chi connectivity index (χ2v) is 8.58. The number of aryl methyl sites for hydroxylation is 1. The molecule has 0 radical (unpaired) electrons. The van der Waals surface area contributed by atoms with E-state index in [9.17, 15) is 13.2 Å². The molecule has 0 amide bonds. The SMILES string of the molecule is CCONCCNC(=S)NCC(C)CCC(CC)C(C)c1cc(C(F)(F)F)ccc1C. The highest BCUT2D eigenvalue weighted by molar-refractivity contribution is 7.80. The molecule has 0 aliphatic carbocycles. The van der Waals surface area contributed by atoms with Gasteiger partial charge in [0.25, 0.3) is 0 Å². The van der Waals surface area contributed by atoms with Crippen LogP contribution in [-0.4, -0.2) is 31.4 Å². The highest BCUT2D eigenvalue weighted by atomic mass is 32.1. The number of thiocarbonyl (C=S) groups is 1. The zero-order chi connectivity index (χ0) is 23.4. The maximum absolute atomic E-state index is 13.2. The molecular weight excluding hydrogens is 423 g/mol. The van der Waals surface area contributed by atoms with Crippen LogP contribution in [0, 0.1) is 18.8 Å². The first-order chi connectivity index (χ1) is 14.6. The summed E-state index contributed by atoms with van der Waals surface area (Å²) in [6.45, 7) is 12.9. The van der Waals surface area contributed by atoms with Crippen molar-refractivity contribution in [2.75, 3.05) is 26.2 Å². The van der Waals surface area contributed by atoms with Crippen molar-refractivity contribution in [1.82, 2.24) is 16.1 Å². The van der Waals surface area contributed by atoms with Crippen LogP contribution in [0.3, 0.4) is 0 Å². The van der Waals surface area contributed by atoms with Crippen LogP contribution in [0.25, 0.3) is 0 Å². The summed E-state index contributed by atoms with van der Waals surface area (Å²) in [5.41, 5.74) is 3.98. The number of hydrogen-bond donors (Lipinski definition) is 3. The van der Waals surface area contributed by atoms with Gasteiger partial charge in [0.05, 0.1) is 12.2 Å². The molecule has 1 rings (SSSR count). The number of benzene rings is 1. The fourth-order valence-corrected chi connectivity index (χ4v) is 3.89. The molecule has 8 heteroatoms. The zero-order valence-electron chi connectivity index (χ0n) is 19.4. The normalized spacial score (nSPS) is 14.7. The van der Waals surface area contributed by atoms with Gasteiger partial charge in [-0.1, -0.05) is 33.3 Å². The van der Waals surface area contributed by atoms with Gasteiger partial charge in [0.15, 0.2) is 5.11 Å². The predicted octanol–water partition coefficient (Wildman–Crippen LogP) is 5.57. The van der Waals surface area contributed by atoms with Crippen LogP contribution in [0.2, 0.25) is 0 Å². The molecule has 3 unspecified atom stereocenters. The van der Waals surface area contributed by atoms with Crippen LogP contribution in [-0.2, 0) is 11.0 Å². The molecule has 31 heavy (non-hydrogen) atoms. The molecule has 178 valence electrons. The van der Waals surface area contributed by atoms with Gasteiger partial charge in [-0.3, -0.25) is 0 Å². The van der Waals surface area contributed by atoms with Crippen LogP contribution in [0.4, 0.5) is 13.2 Å². The van der Waals surface area contributed by atoms with Crippen molar-refractivity contribution in [2.45, 2.75) is 66.0 Å². The minimum Gasteiger partial charge on any atom is -0.362 e. The van der Waals surface area contributed by atoms with Gasteiger partial charge in [0.1, 0.15) is 0 Å². The van der Waals surface area contributed by atoms with Crippen molar-refractivity contribution in [2.24, 2.45) is 11.8 Å². The molecule has 0 aliphatic rings. The van der Waals surface area contributed by atoms with Gasteiger partial charge >= 0.3 is 6.18 Å². The third kappa shape index (κ3) is 10.2. The highest BCUT2D eigenvalue weighted by Gasteiger charge is 2.31. The summed E-state index contributed by atoms with van der Waals surface area (Å²) in [6.07, 6.45) is -1.42. The monoisotopic (exact) mass is 461 g/mol. The minimum atomic E-state index is -4.31. The molecule has 0 aliphatic heterocycles. The van der Waals surface area contributed by atoms with Gasteiger partial charge in [-0.05, 0) is 79.9 Å². The van der Waals surface area contributed by atoms with Gasteiger partial charge < -0.3 is 15.5 Å². The third-order valence-electron chi connectivity index (χ3n) is 5.73. The molecule has 3 N–H and O–H groups in total. The molecule has 0 aromatic heterocycles. The van der Waals surface area contributed by atoms with E-state index in [-0.39, 0.29) is 5.92 Å². The molecular formula is C23H38F3N3OS. The van der Waals surface area contributed by atoms with E-state index < -0.39 is 11.7 Å². The first-order valence-corrected chi connectivity index (χ1v) is 11.5. The molecule has 4 nitrogen and oxygen atoms in total. The topological polar surface area (TPSA) is 45.3 Å². The minimum absolute atomic E-state index is 0.0769. The lowest BCUT2D eigenvalue weighted by molar-refractivity contribution is -0.137. The summed E-state index contributed by atoms with van der Waals surface area (Å²) in [5.74, 6) is 0.817. The summed E-state index contributed by atoms with van der Waals surface area (Å²) >= 11 is 5.29. The summed E-state index contributed by atoms with van der Waals surface area (Å²) in [6, 6.07) is 4.09. The quantitative estimate of drug-likeness (QED) is 0.204. The summed E-state index contributed by atoms with van der Waals surface area (Å²) < 4.78 is 39.5. The number of rotatable bonds is 13. The Morgan fingerprint density at radius 3 is 2.42 bits per heavy atom. The first kappa shape index (κ1) is 27.7. The Hall–Kier alpha value is -1.38. The van der Waals surface area contributed by atoms with Crippen LogP contribution in [0.5, 0.6) is 0 Å². The Morgan fingerprint density at radius 2 is 1.81 bits per heavy atom. The van der Waals surface area contributed by atoms with Gasteiger partial charge in [0, 0.05) is 19.6 Å². The average Bonchev–Trinajstić information content (AvgIpc) is 2.71. The van der Waals surface area contributed by atoms with Crippen molar-refractivity contribution in [1.29, 1.82) is 0 Å². The third-order valence-corrected chi connectivity index (χ3v) is 6.02. The Bertz CT molecular complexity index is 670. The maximum atomic E-state index is 13.2. The van der Waals surface area contributed by atoms with Gasteiger partial charge in [-0.15, -0.1) is 0 Å². The first-order valence-electron chi connectivity index (χ1n) is 11.1. The second-order valence-electron chi connectivity index (χ2n) is 8.17. The number of alkyl halides is 3. The smallest absolute Gasteiger partial charge is 0.362 e. The van der Waals surface area contributed by atoms with Crippen LogP contribution in [0.1, 0.15) is 69.6 Å². The van der Waals surface area contributed by atoms with Crippen molar-refractivity contribution < 1.29 is 18.0 Å². The van der Waals surface area contributed by atoms with E-state index >= 15 is 0 Å². The lowest BCUT2D eigenvalue weighted by atomic mass is 9.79. The zero-order valence-corrected chi connectivity index (χ0v) is 20.2. The van der Waals surface area contributed by atoms with Crippen LogP contribution in [0.15, 0.2) is 18.2 Å². The predicted molar refractivity (Wildman–Crippen MR) is 125 cm³/mol. The van der Waals surface area contributed by atoms with E-state index in [0.29, 0.717) is 36.6 Å². The molecule has 0 fully saturated rings. The largest absolute Gasteiger partial charge is 0.416 e. The maximum Gasteiger partial charge on any atom is 0.416 e. The average molecular weight is 462 g/mol. The lowest BCUT2D eigenvalue weighted by Crippen LogP contribution is -2.40. The summed E-state index contributed by atoms with van der Waals surface area (Å²) in [5, 5.41) is 6.97. The van der Waals surface area contributed by atoms with Crippen molar-refractivity contribution in [3.8, 4) is 0 Å². The number of halogens is 3. The fraction of sp³-hybridized carbons (Fsp3) is 0.696. The van der Waals surface area contributed by atoms with E-state index in [4.69, 9.17) is 17.1 Å². The Kier molecular flexibility index (Phi) is 12.4. The molecule has 0 heterocycles. The Balaban J connectivity index is 2.51. The van der Waals surface area contributed by atoms with Gasteiger partial charge in [-0.25, -0.2) is 5.48 Å². The lowest BCUT2D eigenvalue weighted by Gasteiger charge is -2.27. The molecule has 1 aromatic carbocycles. The fourth-order valence-electron chi connectivity index (χ4n) is 3.70. The Morgan fingerprint density at radius 1 is 1.10 bits per heavy atom. The standard InChI is InChI=1S/C23H38F3N3OS/c1-6-19(18(5)21-14-20(23(24,25)26)11-9-17(21)4)10-8-16(3)15-28-22(31)27-12-13-29-30-7-2/h9,11,14,16,18-19,29H,6-8,10,12-13,15H2,1-5H3,(H2,27,28,31). The molecule has 1 aromatic rings. The number of hydroxylamine groups is 1. The van der Waals surface area contributed by atoms with E-state index in [0.717, 1.165) is 36.9 Å². The van der Waals surface area contributed by atoms with Gasteiger partial charge in [-0.2, -0.15) is 13.2 Å². The molecule has 0 bridgehead atoms. The van der Waals surface area contributed by atoms with E-state index in [2.05, 4.69) is 36.9 Å². The molecule has 0 saturated carbocycles. The molecule has 3 atom stereocenters. The molecule has 0 spiro atoms. The number of hydrogen-bond acceptors (Lipinski definition) is 3. The molecule has 0 saturated heterocycles.